The molecule has 2 aromatic heterocycles. The number of anilines is 1. The zero-order chi connectivity index (χ0) is 13.2. The summed E-state index contributed by atoms with van der Waals surface area (Å²) in [5, 5.41) is 11.9. The van der Waals surface area contributed by atoms with Gasteiger partial charge in [0.2, 0.25) is 5.82 Å². The third-order valence-electron chi connectivity index (χ3n) is 2.44. The van der Waals surface area contributed by atoms with Gasteiger partial charge in [0, 0.05) is 18.0 Å². The molecule has 0 saturated carbocycles. The Labute approximate surface area is 107 Å². The number of nitrogens with zero attached hydrogens (tertiary/aromatic N) is 5. The maximum atomic E-state index is 13.3. The molecule has 0 unspecified atom stereocenters. The van der Waals surface area contributed by atoms with Gasteiger partial charge >= 0.3 is 0 Å². The van der Waals surface area contributed by atoms with Gasteiger partial charge in [0.25, 0.3) is 0 Å². The molecular weight excluding hydrogens is 247 g/mol. The average Bonchev–Trinajstić information content (AvgIpc) is 2.88. The first kappa shape index (κ1) is 11.3. The fourth-order valence-electron chi connectivity index (χ4n) is 1.63. The van der Waals surface area contributed by atoms with Crippen LogP contribution in [-0.4, -0.2) is 25.2 Å². The summed E-state index contributed by atoms with van der Waals surface area (Å²) in [7, 11) is 0. The summed E-state index contributed by atoms with van der Waals surface area (Å²) in [4.78, 5) is 5.33. The zero-order valence-electron chi connectivity index (χ0n) is 9.73. The molecule has 6 nitrogen and oxygen atoms in total. The minimum Gasteiger partial charge on any atom is -0.399 e. The van der Waals surface area contributed by atoms with Crippen LogP contribution < -0.4 is 5.73 Å². The monoisotopic (exact) mass is 256 g/mol. The number of nitrogen functional groups attached to an aromatic ring is 1. The second-order valence-corrected chi connectivity index (χ2v) is 3.86. The normalized spacial score (nSPS) is 10.6. The Balaban J connectivity index is 2.02. The molecule has 19 heavy (non-hydrogen) atoms. The molecule has 0 amide bonds. The Morgan fingerprint density at radius 1 is 1.16 bits per heavy atom. The fraction of sp³-hybridized carbons (Fsp3) is 0. The largest absolute Gasteiger partial charge is 0.399 e. The molecule has 2 heterocycles. The molecule has 0 atom stereocenters. The van der Waals surface area contributed by atoms with Crippen LogP contribution in [0.15, 0.2) is 42.6 Å². The SMILES string of the molecule is Nc1cc(F)cc(-n2nnc(-c3ccccn3)n2)c1. The lowest BCUT2D eigenvalue weighted by atomic mass is 10.3. The van der Waals surface area contributed by atoms with E-state index in [9.17, 15) is 4.39 Å². The molecule has 0 radical (unpaired) electrons. The third kappa shape index (κ3) is 2.25. The smallest absolute Gasteiger partial charge is 0.223 e. The minimum absolute atomic E-state index is 0.298. The van der Waals surface area contributed by atoms with Gasteiger partial charge in [0.05, 0.1) is 5.69 Å². The first-order chi connectivity index (χ1) is 9.22. The van der Waals surface area contributed by atoms with Crippen LogP contribution in [0, 0.1) is 5.82 Å². The van der Waals surface area contributed by atoms with Gasteiger partial charge in [-0.05, 0) is 29.5 Å². The lowest BCUT2D eigenvalue weighted by Gasteiger charge is -2.00. The highest BCUT2D eigenvalue weighted by molar-refractivity contribution is 5.49. The van der Waals surface area contributed by atoms with Gasteiger partial charge in [-0.25, -0.2) is 4.39 Å². The van der Waals surface area contributed by atoms with E-state index in [0.29, 0.717) is 22.9 Å². The summed E-state index contributed by atoms with van der Waals surface area (Å²) in [6.45, 7) is 0. The molecule has 0 aliphatic carbocycles. The lowest BCUT2D eigenvalue weighted by molar-refractivity contribution is 0.622. The van der Waals surface area contributed by atoms with E-state index in [1.807, 2.05) is 6.07 Å². The summed E-state index contributed by atoms with van der Waals surface area (Å²) in [6, 6.07) is 9.44. The number of rotatable bonds is 2. The Hall–Kier alpha value is -2.83. The summed E-state index contributed by atoms with van der Waals surface area (Å²) in [6.07, 6.45) is 1.64. The minimum atomic E-state index is -0.452. The van der Waals surface area contributed by atoms with E-state index in [2.05, 4.69) is 20.4 Å². The second kappa shape index (κ2) is 4.45. The van der Waals surface area contributed by atoms with Gasteiger partial charge in [-0.2, -0.15) is 0 Å². The average molecular weight is 256 g/mol. The number of aromatic nitrogens is 5. The van der Waals surface area contributed by atoms with Gasteiger partial charge in [0.15, 0.2) is 0 Å². The molecule has 0 spiro atoms. The molecule has 7 heteroatoms. The summed E-state index contributed by atoms with van der Waals surface area (Å²) in [5.41, 5.74) is 6.88. The lowest BCUT2D eigenvalue weighted by Crippen LogP contribution is -2.01. The summed E-state index contributed by atoms with van der Waals surface area (Å²) in [5.74, 6) is -0.0879. The van der Waals surface area contributed by atoms with Gasteiger partial charge < -0.3 is 5.73 Å². The Morgan fingerprint density at radius 3 is 2.79 bits per heavy atom. The van der Waals surface area contributed by atoms with Gasteiger partial charge in [-0.1, -0.05) is 6.07 Å². The first-order valence-corrected chi connectivity index (χ1v) is 5.50. The quantitative estimate of drug-likeness (QED) is 0.701. The van der Waals surface area contributed by atoms with Crippen molar-refractivity contribution in [1.29, 1.82) is 0 Å². The van der Waals surface area contributed by atoms with Gasteiger partial charge in [0.1, 0.15) is 11.5 Å². The maximum absolute atomic E-state index is 13.3. The third-order valence-corrected chi connectivity index (χ3v) is 2.44. The fourth-order valence-corrected chi connectivity index (χ4v) is 1.63. The predicted molar refractivity (Wildman–Crippen MR) is 66.8 cm³/mol. The van der Waals surface area contributed by atoms with Crippen LogP contribution in [0.3, 0.4) is 0 Å². The van der Waals surface area contributed by atoms with E-state index in [1.54, 1.807) is 24.4 Å². The second-order valence-electron chi connectivity index (χ2n) is 3.86. The van der Waals surface area contributed by atoms with Crippen LogP contribution in [0.25, 0.3) is 17.2 Å². The molecule has 3 aromatic rings. The Kier molecular flexibility index (Phi) is 2.64. The highest BCUT2D eigenvalue weighted by Gasteiger charge is 2.09. The molecule has 94 valence electrons. The molecular formula is C12H9FN6. The van der Waals surface area contributed by atoms with Crippen LogP contribution in [0.1, 0.15) is 0 Å². The van der Waals surface area contributed by atoms with Crippen molar-refractivity contribution < 1.29 is 4.39 Å². The molecule has 2 N–H and O–H groups in total. The number of nitrogens with two attached hydrogens (primary N) is 1. The molecule has 3 rings (SSSR count). The van der Waals surface area contributed by atoms with Crippen LogP contribution in [0.2, 0.25) is 0 Å². The zero-order valence-corrected chi connectivity index (χ0v) is 9.73. The highest BCUT2D eigenvalue weighted by atomic mass is 19.1. The molecule has 0 bridgehead atoms. The Morgan fingerprint density at radius 2 is 2.05 bits per heavy atom. The highest BCUT2D eigenvalue weighted by Crippen LogP contribution is 2.15. The van der Waals surface area contributed by atoms with E-state index >= 15 is 0 Å². The molecule has 0 aliphatic heterocycles. The van der Waals surface area contributed by atoms with Crippen molar-refractivity contribution in [3.63, 3.8) is 0 Å². The number of hydrogen-bond donors (Lipinski definition) is 1. The van der Waals surface area contributed by atoms with E-state index in [0.717, 1.165) is 0 Å². The number of benzene rings is 1. The number of tetrazole rings is 1. The molecule has 0 aliphatic rings. The maximum Gasteiger partial charge on any atom is 0.223 e. The van der Waals surface area contributed by atoms with Crippen molar-refractivity contribution in [3.05, 3.63) is 48.4 Å². The van der Waals surface area contributed by atoms with Crippen molar-refractivity contribution >= 4 is 5.69 Å². The first-order valence-electron chi connectivity index (χ1n) is 5.50. The van der Waals surface area contributed by atoms with Crippen LogP contribution in [-0.2, 0) is 0 Å². The van der Waals surface area contributed by atoms with E-state index in [-0.39, 0.29) is 0 Å². The van der Waals surface area contributed by atoms with Crippen LogP contribution in [0.5, 0.6) is 0 Å². The van der Waals surface area contributed by atoms with Crippen molar-refractivity contribution in [2.24, 2.45) is 0 Å². The molecule has 1 aromatic carbocycles. The number of hydrogen-bond acceptors (Lipinski definition) is 5. The summed E-state index contributed by atoms with van der Waals surface area (Å²) < 4.78 is 13.3. The van der Waals surface area contributed by atoms with Crippen molar-refractivity contribution in [2.75, 3.05) is 5.73 Å². The van der Waals surface area contributed by atoms with E-state index in [1.165, 1.54) is 16.9 Å². The van der Waals surface area contributed by atoms with Crippen molar-refractivity contribution in [3.8, 4) is 17.2 Å². The standard InChI is InChI=1S/C12H9FN6/c13-8-5-9(14)7-10(6-8)19-17-12(16-18-19)11-3-1-2-4-15-11/h1-7H,14H2. The van der Waals surface area contributed by atoms with Crippen molar-refractivity contribution in [2.45, 2.75) is 0 Å². The molecule has 0 fully saturated rings. The van der Waals surface area contributed by atoms with Gasteiger partial charge in [-0.15, -0.1) is 15.0 Å². The van der Waals surface area contributed by atoms with Crippen LogP contribution >= 0.6 is 0 Å². The van der Waals surface area contributed by atoms with E-state index < -0.39 is 5.82 Å². The number of pyridine rings is 1. The van der Waals surface area contributed by atoms with Crippen molar-refractivity contribution in [1.82, 2.24) is 25.2 Å². The Bertz CT molecular complexity index is 689. The topological polar surface area (TPSA) is 82.5 Å². The molecule has 0 saturated heterocycles. The van der Waals surface area contributed by atoms with Gasteiger partial charge in [-0.3, -0.25) is 4.98 Å². The predicted octanol–water partition coefficient (Wildman–Crippen LogP) is 1.45. The summed E-state index contributed by atoms with van der Waals surface area (Å²) >= 11 is 0. The van der Waals surface area contributed by atoms with Crippen LogP contribution in [0.4, 0.5) is 10.1 Å². The van der Waals surface area contributed by atoms with E-state index in [4.69, 9.17) is 5.73 Å². The number of halogens is 1.